The van der Waals surface area contributed by atoms with Crippen LogP contribution in [0.5, 0.6) is 5.75 Å². The first-order chi connectivity index (χ1) is 15.5. The van der Waals surface area contributed by atoms with Gasteiger partial charge in [-0.3, -0.25) is 14.5 Å². The zero-order valence-corrected chi connectivity index (χ0v) is 19.0. The second-order valence-corrected chi connectivity index (χ2v) is 8.77. The van der Waals surface area contributed by atoms with Gasteiger partial charge in [-0.25, -0.2) is 4.98 Å². The third-order valence-electron chi connectivity index (χ3n) is 5.37. The lowest BCUT2D eigenvalue weighted by Gasteiger charge is -2.27. The molecule has 0 unspecified atom stereocenters. The highest BCUT2D eigenvalue weighted by Crippen LogP contribution is 2.21. The fourth-order valence-electron chi connectivity index (χ4n) is 3.62. The first-order valence-electron chi connectivity index (χ1n) is 10.5. The molecule has 0 saturated heterocycles. The fraction of sp³-hybridized carbons (Fsp3) is 0.292. The van der Waals surface area contributed by atoms with E-state index in [1.54, 1.807) is 7.11 Å². The van der Waals surface area contributed by atoms with Crippen molar-refractivity contribution in [1.82, 2.24) is 14.9 Å². The number of anilines is 1. The van der Waals surface area contributed by atoms with Gasteiger partial charge in [-0.15, -0.1) is 0 Å². The van der Waals surface area contributed by atoms with E-state index >= 15 is 0 Å². The van der Waals surface area contributed by atoms with Crippen LogP contribution in [0.2, 0.25) is 0 Å². The van der Waals surface area contributed by atoms with Crippen LogP contribution in [0.3, 0.4) is 0 Å². The average Bonchev–Trinajstić information content (AvgIpc) is 2.80. The lowest BCUT2D eigenvalue weighted by Crippen LogP contribution is -2.35. The van der Waals surface area contributed by atoms with E-state index in [2.05, 4.69) is 20.2 Å². The first kappa shape index (κ1) is 22.1. The number of nitrogens with one attached hydrogen (secondary N) is 2. The number of hydrogen-bond acceptors (Lipinski definition) is 6. The molecule has 0 aliphatic carbocycles. The molecule has 4 rings (SSSR count). The molecule has 2 aromatic carbocycles. The zero-order valence-electron chi connectivity index (χ0n) is 18.2. The molecule has 0 spiro atoms. The van der Waals surface area contributed by atoms with Crippen molar-refractivity contribution in [2.45, 2.75) is 31.6 Å². The number of methoxy groups -OCH3 is 1. The number of aryl methyl sites for hydroxylation is 1. The van der Waals surface area contributed by atoms with Gasteiger partial charge in [0.2, 0.25) is 5.91 Å². The van der Waals surface area contributed by atoms with Gasteiger partial charge in [-0.1, -0.05) is 41.6 Å². The number of aromatic amines is 1. The van der Waals surface area contributed by atoms with Crippen molar-refractivity contribution in [2.75, 3.05) is 24.7 Å². The van der Waals surface area contributed by atoms with Crippen LogP contribution in [0.1, 0.15) is 22.4 Å². The van der Waals surface area contributed by atoms with E-state index in [0.29, 0.717) is 23.7 Å². The Morgan fingerprint density at radius 1 is 1.19 bits per heavy atom. The third-order valence-corrected chi connectivity index (χ3v) is 6.24. The fourth-order valence-corrected chi connectivity index (χ4v) is 4.30. The highest BCUT2D eigenvalue weighted by Gasteiger charge is 2.21. The van der Waals surface area contributed by atoms with E-state index in [4.69, 9.17) is 4.74 Å². The maximum absolute atomic E-state index is 12.7. The molecule has 3 aromatic rings. The predicted octanol–water partition coefficient (Wildman–Crippen LogP) is 3.38. The summed E-state index contributed by atoms with van der Waals surface area (Å²) in [6, 6.07) is 15.6. The number of rotatable bonds is 7. The topological polar surface area (TPSA) is 87.3 Å². The summed E-state index contributed by atoms with van der Waals surface area (Å²) in [7, 11) is 1.65. The van der Waals surface area contributed by atoms with Gasteiger partial charge in [0.25, 0.3) is 5.56 Å². The predicted molar refractivity (Wildman–Crippen MR) is 126 cm³/mol. The molecular weight excluding hydrogens is 424 g/mol. The van der Waals surface area contributed by atoms with Gasteiger partial charge in [0.15, 0.2) is 5.16 Å². The van der Waals surface area contributed by atoms with Crippen LogP contribution in [-0.4, -0.2) is 40.2 Å². The second-order valence-electron chi connectivity index (χ2n) is 7.81. The maximum Gasteiger partial charge on any atom is 0.256 e. The summed E-state index contributed by atoms with van der Waals surface area (Å²) < 4.78 is 5.21. The molecule has 0 fully saturated rings. The van der Waals surface area contributed by atoms with Crippen molar-refractivity contribution in [3.8, 4) is 5.75 Å². The van der Waals surface area contributed by atoms with Crippen molar-refractivity contribution in [3.05, 3.63) is 81.3 Å². The van der Waals surface area contributed by atoms with Crippen molar-refractivity contribution < 1.29 is 9.53 Å². The smallest absolute Gasteiger partial charge is 0.256 e. The standard InChI is InChI=1S/C24H26N4O3S/c1-16-3-7-18(8-4-16)25-22(29)15-32-24-26-21-11-12-28(14-20(21)23(30)27-24)13-17-5-9-19(31-2)10-6-17/h3-10H,11-15H2,1-2H3,(H,25,29)(H,26,27,30). The molecule has 0 atom stereocenters. The molecule has 166 valence electrons. The minimum Gasteiger partial charge on any atom is -0.497 e. The number of ether oxygens (including phenoxy) is 1. The van der Waals surface area contributed by atoms with Crippen molar-refractivity contribution in [1.29, 1.82) is 0 Å². The number of carbonyl (C=O) groups excluding carboxylic acids is 1. The Morgan fingerprint density at radius 3 is 2.66 bits per heavy atom. The van der Waals surface area contributed by atoms with Gasteiger partial charge in [0, 0.05) is 31.7 Å². The van der Waals surface area contributed by atoms with Crippen LogP contribution in [0.25, 0.3) is 0 Å². The van der Waals surface area contributed by atoms with Gasteiger partial charge < -0.3 is 15.0 Å². The SMILES string of the molecule is COc1ccc(CN2CCc3nc(SCC(=O)Nc4ccc(C)cc4)[nH]c(=O)c3C2)cc1. The molecule has 1 aromatic heterocycles. The molecule has 1 aliphatic rings. The molecule has 32 heavy (non-hydrogen) atoms. The van der Waals surface area contributed by atoms with Crippen LogP contribution < -0.4 is 15.6 Å². The number of benzene rings is 2. The summed E-state index contributed by atoms with van der Waals surface area (Å²) in [4.78, 5) is 34.6. The molecule has 1 aliphatic heterocycles. The summed E-state index contributed by atoms with van der Waals surface area (Å²) in [5.74, 6) is 0.875. The Balaban J connectivity index is 1.35. The molecule has 2 N–H and O–H groups in total. The summed E-state index contributed by atoms with van der Waals surface area (Å²) in [6.07, 6.45) is 0.707. The Labute approximate surface area is 191 Å². The lowest BCUT2D eigenvalue weighted by molar-refractivity contribution is -0.113. The number of amides is 1. The molecule has 1 amide bonds. The Bertz CT molecular complexity index is 1140. The highest BCUT2D eigenvalue weighted by atomic mass is 32.2. The Morgan fingerprint density at radius 2 is 1.94 bits per heavy atom. The quantitative estimate of drug-likeness (QED) is 0.424. The van der Waals surface area contributed by atoms with Crippen LogP contribution in [0.15, 0.2) is 58.5 Å². The third kappa shape index (κ3) is 5.57. The number of nitrogens with zero attached hydrogens (tertiary/aromatic N) is 2. The van der Waals surface area contributed by atoms with Gasteiger partial charge in [-0.05, 0) is 36.8 Å². The summed E-state index contributed by atoms with van der Waals surface area (Å²) in [5, 5.41) is 3.34. The highest BCUT2D eigenvalue weighted by molar-refractivity contribution is 7.99. The zero-order chi connectivity index (χ0) is 22.5. The van der Waals surface area contributed by atoms with Crippen LogP contribution in [0.4, 0.5) is 5.69 Å². The minimum atomic E-state index is -0.134. The van der Waals surface area contributed by atoms with Crippen LogP contribution in [-0.2, 0) is 24.3 Å². The number of thioether (sulfide) groups is 1. The van der Waals surface area contributed by atoms with Gasteiger partial charge in [0.05, 0.1) is 24.1 Å². The molecule has 0 radical (unpaired) electrons. The average molecular weight is 451 g/mol. The van der Waals surface area contributed by atoms with Gasteiger partial charge in [0.1, 0.15) is 5.75 Å². The van der Waals surface area contributed by atoms with Crippen molar-refractivity contribution in [3.63, 3.8) is 0 Å². The molecule has 0 bridgehead atoms. The van der Waals surface area contributed by atoms with Crippen LogP contribution in [0, 0.1) is 6.92 Å². The number of carbonyl (C=O) groups is 1. The van der Waals surface area contributed by atoms with E-state index in [1.165, 1.54) is 17.3 Å². The maximum atomic E-state index is 12.7. The number of H-pyrrole nitrogens is 1. The van der Waals surface area contributed by atoms with E-state index in [9.17, 15) is 9.59 Å². The van der Waals surface area contributed by atoms with E-state index < -0.39 is 0 Å². The largest absolute Gasteiger partial charge is 0.497 e. The van der Waals surface area contributed by atoms with Crippen LogP contribution >= 0.6 is 11.8 Å². The summed E-state index contributed by atoms with van der Waals surface area (Å²) in [5.41, 5.74) is 4.46. The van der Waals surface area contributed by atoms with E-state index in [-0.39, 0.29) is 17.2 Å². The van der Waals surface area contributed by atoms with E-state index in [0.717, 1.165) is 35.8 Å². The van der Waals surface area contributed by atoms with Crippen molar-refractivity contribution >= 4 is 23.4 Å². The Kier molecular flexibility index (Phi) is 6.92. The summed E-state index contributed by atoms with van der Waals surface area (Å²) >= 11 is 1.24. The molecule has 2 heterocycles. The lowest BCUT2D eigenvalue weighted by atomic mass is 10.1. The number of hydrogen-bond donors (Lipinski definition) is 2. The second kappa shape index (κ2) is 10.0. The van der Waals surface area contributed by atoms with Crippen molar-refractivity contribution in [2.24, 2.45) is 0 Å². The monoisotopic (exact) mass is 450 g/mol. The Hall–Kier alpha value is -3.10. The number of aromatic nitrogens is 2. The normalized spacial score (nSPS) is 13.4. The molecular formula is C24H26N4O3S. The molecule has 8 heteroatoms. The first-order valence-corrected chi connectivity index (χ1v) is 11.5. The van der Waals surface area contributed by atoms with Gasteiger partial charge in [-0.2, -0.15) is 0 Å². The number of fused-ring (bicyclic) bond motifs is 1. The van der Waals surface area contributed by atoms with E-state index in [1.807, 2.05) is 55.5 Å². The molecule has 7 nitrogen and oxygen atoms in total. The minimum absolute atomic E-state index is 0.129. The summed E-state index contributed by atoms with van der Waals surface area (Å²) in [6.45, 7) is 4.15. The molecule has 0 saturated carbocycles. The van der Waals surface area contributed by atoms with Gasteiger partial charge >= 0.3 is 0 Å².